The molecule has 28 heavy (non-hydrogen) atoms. The molecule has 10 heteroatoms. The molecule has 0 amide bonds. The summed E-state index contributed by atoms with van der Waals surface area (Å²) in [4.78, 5) is 3.21. The van der Waals surface area contributed by atoms with Gasteiger partial charge in [0.2, 0.25) is 0 Å². The Hall–Kier alpha value is -1.91. The molecule has 1 aliphatic carbocycles. The standard InChI is InChI=1S/C18H19F6N3O/c19-17(20,21)13-3-1-2-11-12(8-15(18(22,23)24)27-16(11)13)14(28)9-25-6-7-26-10-4-5-10/h1-3,8,10,14,25-26,28H,4-7,9H2/t14-/m1/s1. The van der Waals surface area contributed by atoms with Crippen molar-refractivity contribution in [3.63, 3.8) is 0 Å². The Morgan fingerprint density at radius 3 is 2.39 bits per heavy atom. The number of hydrogen-bond acceptors (Lipinski definition) is 4. The summed E-state index contributed by atoms with van der Waals surface area (Å²) in [7, 11) is 0. The van der Waals surface area contributed by atoms with Crippen molar-refractivity contribution in [2.45, 2.75) is 37.3 Å². The number of rotatable bonds is 7. The zero-order chi connectivity index (χ0) is 20.5. The van der Waals surface area contributed by atoms with Crippen molar-refractivity contribution >= 4 is 10.9 Å². The second kappa shape index (κ2) is 7.84. The topological polar surface area (TPSA) is 57.2 Å². The van der Waals surface area contributed by atoms with E-state index in [1.54, 1.807) is 0 Å². The molecule has 3 N–H and O–H groups in total. The normalized spacial score (nSPS) is 16.5. The van der Waals surface area contributed by atoms with Gasteiger partial charge in [0.25, 0.3) is 0 Å². The number of alkyl halides is 6. The molecule has 1 aromatic carbocycles. The van der Waals surface area contributed by atoms with Gasteiger partial charge in [-0.3, -0.25) is 0 Å². The molecule has 1 saturated carbocycles. The van der Waals surface area contributed by atoms with E-state index < -0.39 is 35.2 Å². The lowest BCUT2D eigenvalue weighted by atomic mass is 9.99. The summed E-state index contributed by atoms with van der Waals surface area (Å²) < 4.78 is 79.2. The Bertz CT molecular complexity index is 832. The second-order valence-electron chi connectivity index (χ2n) is 6.74. The average Bonchev–Trinajstić information content (AvgIpc) is 3.42. The first-order chi connectivity index (χ1) is 13.1. The average molecular weight is 407 g/mol. The first kappa shape index (κ1) is 20.8. The highest BCUT2D eigenvalue weighted by molar-refractivity contribution is 5.86. The lowest BCUT2D eigenvalue weighted by molar-refractivity contribution is -0.142. The molecule has 3 rings (SSSR count). The van der Waals surface area contributed by atoms with Gasteiger partial charge in [-0.15, -0.1) is 0 Å². The van der Waals surface area contributed by atoms with Gasteiger partial charge < -0.3 is 15.7 Å². The van der Waals surface area contributed by atoms with Crippen LogP contribution in [0.1, 0.15) is 35.8 Å². The minimum Gasteiger partial charge on any atom is -0.387 e. The van der Waals surface area contributed by atoms with Crippen LogP contribution in [0.15, 0.2) is 24.3 Å². The zero-order valence-corrected chi connectivity index (χ0v) is 14.7. The van der Waals surface area contributed by atoms with E-state index in [9.17, 15) is 31.4 Å². The number of nitrogens with one attached hydrogen (secondary N) is 2. The third-order valence-electron chi connectivity index (χ3n) is 4.48. The van der Waals surface area contributed by atoms with E-state index in [-0.39, 0.29) is 17.5 Å². The molecule has 1 aromatic heterocycles. The number of hydrogen-bond donors (Lipinski definition) is 3. The smallest absolute Gasteiger partial charge is 0.387 e. The molecule has 1 atom stereocenters. The van der Waals surface area contributed by atoms with Gasteiger partial charge in [-0.2, -0.15) is 26.3 Å². The molecule has 1 heterocycles. The first-order valence-electron chi connectivity index (χ1n) is 8.77. The molecular formula is C18H19F6N3O. The number of benzene rings is 1. The molecule has 154 valence electrons. The maximum absolute atomic E-state index is 13.2. The van der Waals surface area contributed by atoms with Crippen LogP contribution in [-0.2, 0) is 12.4 Å². The summed E-state index contributed by atoms with van der Waals surface area (Å²) in [6, 6.07) is 4.09. The van der Waals surface area contributed by atoms with Crippen LogP contribution < -0.4 is 10.6 Å². The summed E-state index contributed by atoms with van der Waals surface area (Å²) in [5.41, 5.74) is -3.81. The molecular weight excluding hydrogens is 388 g/mol. The van der Waals surface area contributed by atoms with Crippen molar-refractivity contribution in [2.75, 3.05) is 19.6 Å². The van der Waals surface area contributed by atoms with Crippen molar-refractivity contribution in [1.29, 1.82) is 0 Å². The lowest BCUT2D eigenvalue weighted by Crippen LogP contribution is -2.31. The largest absolute Gasteiger partial charge is 0.433 e. The van der Waals surface area contributed by atoms with Crippen LogP contribution in [0.5, 0.6) is 0 Å². The monoisotopic (exact) mass is 407 g/mol. The van der Waals surface area contributed by atoms with E-state index in [1.165, 1.54) is 6.07 Å². The number of aliphatic hydroxyl groups is 1. The summed E-state index contributed by atoms with van der Waals surface area (Å²) >= 11 is 0. The van der Waals surface area contributed by atoms with Gasteiger partial charge in [0.15, 0.2) is 0 Å². The zero-order valence-electron chi connectivity index (χ0n) is 14.7. The number of pyridine rings is 1. The Balaban J connectivity index is 1.90. The van der Waals surface area contributed by atoms with Crippen LogP contribution in [0.4, 0.5) is 26.3 Å². The Morgan fingerprint density at radius 2 is 1.79 bits per heavy atom. The quantitative estimate of drug-likeness (QED) is 0.485. The van der Waals surface area contributed by atoms with Crippen molar-refractivity contribution < 1.29 is 31.4 Å². The summed E-state index contributed by atoms with van der Waals surface area (Å²) in [6.07, 6.45) is -9.02. The van der Waals surface area contributed by atoms with Crippen molar-refractivity contribution in [3.05, 3.63) is 41.1 Å². The molecule has 0 spiro atoms. The highest BCUT2D eigenvalue weighted by Gasteiger charge is 2.37. The summed E-state index contributed by atoms with van der Waals surface area (Å²) in [6.45, 7) is 0.996. The molecule has 0 bridgehead atoms. The molecule has 1 aliphatic rings. The minimum atomic E-state index is -4.94. The number of para-hydroxylation sites is 1. The van der Waals surface area contributed by atoms with Gasteiger partial charge in [0.05, 0.1) is 17.2 Å². The first-order valence-corrected chi connectivity index (χ1v) is 8.77. The van der Waals surface area contributed by atoms with Gasteiger partial charge in [-0.1, -0.05) is 12.1 Å². The fourth-order valence-electron chi connectivity index (χ4n) is 2.93. The molecule has 0 aliphatic heterocycles. The minimum absolute atomic E-state index is 0.0982. The second-order valence-corrected chi connectivity index (χ2v) is 6.74. The van der Waals surface area contributed by atoms with E-state index in [2.05, 4.69) is 15.6 Å². The highest BCUT2D eigenvalue weighted by Crippen LogP contribution is 2.38. The van der Waals surface area contributed by atoms with Gasteiger partial charge in [0.1, 0.15) is 5.69 Å². The Kier molecular flexibility index (Phi) is 5.83. The van der Waals surface area contributed by atoms with Gasteiger partial charge >= 0.3 is 12.4 Å². The van der Waals surface area contributed by atoms with E-state index in [0.29, 0.717) is 31.3 Å². The SMILES string of the molecule is O[C@H](CNCCNC1CC1)c1cc(C(F)(F)F)nc2c(C(F)(F)F)cccc12. The van der Waals surface area contributed by atoms with Crippen molar-refractivity contribution in [2.24, 2.45) is 0 Å². The van der Waals surface area contributed by atoms with Crippen LogP contribution in [-0.4, -0.2) is 35.8 Å². The van der Waals surface area contributed by atoms with Crippen LogP contribution in [0.2, 0.25) is 0 Å². The van der Waals surface area contributed by atoms with E-state index in [1.807, 2.05) is 0 Å². The van der Waals surface area contributed by atoms with E-state index >= 15 is 0 Å². The van der Waals surface area contributed by atoms with Gasteiger partial charge in [-0.05, 0) is 30.5 Å². The molecule has 0 radical (unpaired) electrons. The van der Waals surface area contributed by atoms with Crippen molar-refractivity contribution in [3.8, 4) is 0 Å². The highest BCUT2D eigenvalue weighted by atomic mass is 19.4. The van der Waals surface area contributed by atoms with Crippen LogP contribution >= 0.6 is 0 Å². The fraction of sp³-hybridized carbons (Fsp3) is 0.500. The van der Waals surface area contributed by atoms with E-state index in [0.717, 1.165) is 18.9 Å². The number of fused-ring (bicyclic) bond motifs is 1. The summed E-state index contributed by atoms with van der Waals surface area (Å²) in [5, 5.41) is 16.3. The maximum Gasteiger partial charge on any atom is 0.433 e. The predicted molar refractivity (Wildman–Crippen MR) is 90.6 cm³/mol. The Labute approximate surface area is 156 Å². The lowest BCUT2D eigenvalue weighted by Gasteiger charge is -2.19. The van der Waals surface area contributed by atoms with Gasteiger partial charge in [-0.25, -0.2) is 4.98 Å². The van der Waals surface area contributed by atoms with Crippen LogP contribution in [0.3, 0.4) is 0 Å². The fourth-order valence-corrected chi connectivity index (χ4v) is 2.93. The molecule has 0 unspecified atom stereocenters. The van der Waals surface area contributed by atoms with Gasteiger partial charge in [0, 0.05) is 31.1 Å². The third kappa shape index (κ3) is 4.92. The van der Waals surface area contributed by atoms with Crippen LogP contribution in [0, 0.1) is 0 Å². The van der Waals surface area contributed by atoms with Crippen molar-refractivity contribution in [1.82, 2.24) is 15.6 Å². The number of aliphatic hydroxyl groups excluding tert-OH is 1. The predicted octanol–water partition coefficient (Wildman–Crippen LogP) is 3.65. The molecule has 4 nitrogen and oxygen atoms in total. The number of halogens is 6. The Morgan fingerprint density at radius 1 is 1.07 bits per heavy atom. The molecule has 2 aromatic rings. The van der Waals surface area contributed by atoms with Crippen LogP contribution in [0.25, 0.3) is 10.9 Å². The third-order valence-corrected chi connectivity index (χ3v) is 4.48. The molecule has 0 saturated heterocycles. The number of nitrogens with zero attached hydrogens (tertiary/aromatic N) is 1. The number of aromatic nitrogens is 1. The van der Waals surface area contributed by atoms with E-state index in [4.69, 9.17) is 0 Å². The summed E-state index contributed by atoms with van der Waals surface area (Å²) in [5.74, 6) is 0. The molecule has 1 fully saturated rings. The maximum atomic E-state index is 13.2.